The van der Waals surface area contributed by atoms with E-state index < -0.39 is 0 Å². The van der Waals surface area contributed by atoms with E-state index in [4.69, 9.17) is 4.42 Å². The number of rotatable bonds is 3. The lowest BCUT2D eigenvalue weighted by Gasteiger charge is -2.23. The van der Waals surface area contributed by atoms with E-state index in [1.54, 1.807) is 0 Å². The molecule has 2 aromatic rings. The number of nitrogens with one attached hydrogen (secondary N) is 1. The SMILES string of the molecule is CNCC1CCCN1C(=O)c1oc2c(C)cccc2c1C. The van der Waals surface area contributed by atoms with Crippen LogP contribution in [0.4, 0.5) is 0 Å². The molecule has 4 nitrogen and oxygen atoms in total. The van der Waals surface area contributed by atoms with Crippen molar-refractivity contribution in [1.29, 1.82) is 0 Å². The van der Waals surface area contributed by atoms with Crippen LogP contribution in [0.15, 0.2) is 22.6 Å². The minimum atomic E-state index is 0.0286. The molecule has 1 aliphatic rings. The fourth-order valence-corrected chi connectivity index (χ4v) is 3.27. The monoisotopic (exact) mass is 286 g/mol. The van der Waals surface area contributed by atoms with Crippen LogP contribution in [-0.4, -0.2) is 37.0 Å². The lowest BCUT2D eigenvalue weighted by molar-refractivity contribution is 0.0706. The molecule has 21 heavy (non-hydrogen) atoms. The Kier molecular flexibility index (Phi) is 3.72. The number of nitrogens with zero attached hydrogens (tertiary/aromatic N) is 1. The van der Waals surface area contributed by atoms with Gasteiger partial charge < -0.3 is 14.6 Å². The number of aryl methyl sites for hydroxylation is 2. The summed E-state index contributed by atoms with van der Waals surface area (Å²) in [5.74, 6) is 0.531. The Hall–Kier alpha value is -1.81. The van der Waals surface area contributed by atoms with Crippen LogP contribution in [-0.2, 0) is 0 Å². The second-order valence-electron chi connectivity index (χ2n) is 5.86. The summed E-state index contributed by atoms with van der Waals surface area (Å²) >= 11 is 0. The fraction of sp³-hybridized carbons (Fsp3) is 0.471. The highest BCUT2D eigenvalue weighted by Gasteiger charge is 2.32. The summed E-state index contributed by atoms with van der Waals surface area (Å²) in [6, 6.07) is 6.32. The molecule has 112 valence electrons. The van der Waals surface area contributed by atoms with Gasteiger partial charge in [0.2, 0.25) is 0 Å². The molecule has 1 unspecified atom stereocenters. The highest BCUT2D eigenvalue weighted by Crippen LogP contribution is 2.30. The van der Waals surface area contributed by atoms with Crippen LogP contribution in [0.5, 0.6) is 0 Å². The molecule has 0 aliphatic carbocycles. The molecule has 2 heterocycles. The van der Waals surface area contributed by atoms with E-state index in [9.17, 15) is 4.79 Å². The van der Waals surface area contributed by atoms with Crippen LogP contribution < -0.4 is 5.32 Å². The maximum atomic E-state index is 12.8. The number of para-hydroxylation sites is 1. The molecule has 0 radical (unpaired) electrons. The fourth-order valence-electron chi connectivity index (χ4n) is 3.27. The van der Waals surface area contributed by atoms with Crippen molar-refractivity contribution in [2.75, 3.05) is 20.1 Å². The van der Waals surface area contributed by atoms with E-state index in [1.807, 2.05) is 44.0 Å². The molecule has 0 bridgehead atoms. The second kappa shape index (κ2) is 5.53. The van der Waals surface area contributed by atoms with Crippen LogP contribution in [0.3, 0.4) is 0 Å². The normalized spacial score (nSPS) is 18.6. The number of hydrogen-bond acceptors (Lipinski definition) is 3. The average molecular weight is 286 g/mol. The highest BCUT2D eigenvalue weighted by atomic mass is 16.3. The lowest BCUT2D eigenvalue weighted by atomic mass is 10.1. The van der Waals surface area contributed by atoms with Gasteiger partial charge in [-0.05, 0) is 39.3 Å². The molecule has 3 rings (SSSR count). The summed E-state index contributed by atoms with van der Waals surface area (Å²) in [6.07, 6.45) is 2.13. The first-order chi connectivity index (χ1) is 10.1. The zero-order valence-electron chi connectivity index (χ0n) is 12.9. The molecule has 0 spiro atoms. The van der Waals surface area contributed by atoms with Crippen molar-refractivity contribution in [3.63, 3.8) is 0 Å². The minimum absolute atomic E-state index is 0.0286. The molecule has 1 aromatic heterocycles. The zero-order chi connectivity index (χ0) is 15.0. The smallest absolute Gasteiger partial charge is 0.290 e. The van der Waals surface area contributed by atoms with E-state index in [-0.39, 0.29) is 11.9 Å². The number of likely N-dealkylation sites (tertiary alicyclic amines) is 1. The van der Waals surface area contributed by atoms with Crippen LogP contribution >= 0.6 is 0 Å². The minimum Gasteiger partial charge on any atom is -0.450 e. The predicted molar refractivity (Wildman–Crippen MR) is 83.7 cm³/mol. The lowest BCUT2D eigenvalue weighted by Crippen LogP contribution is -2.40. The molecular weight excluding hydrogens is 264 g/mol. The zero-order valence-corrected chi connectivity index (χ0v) is 12.9. The molecule has 1 aliphatic heterocycles. The number of furan rings is 1. The van der Waals surface area contributed by atoms with Gasteiger partial charge in [0.15, 0.2) is 5.76 Å². The summed E-state index contributed by atoms with van der Waals surface area (Å²) in [4.78, 5) is 14.8. The van der Waals surface area contributed by atoms with Gasteiger partial charge in [0.25, 0.3) is 5.91 Å². The first-order valence-electron chi connectivity index (χ1n) is 7.57. The topological polar surface area (TPSA) is 45.5 Å². The van der Waals surface area contributed by atoms with Crippen molar-refractivity contribution in [3.8, 4) is 0 Å². The Morgan fingerprint density at radius 2 is 2.24 bits per heavy atom. The maximum Gasteiger partial charge on any atom is 0.290 e. The van der Waals surface area contributed by atoms with E-state index >= 15 is 0 Å². The maximum absolute atomic E-state index is 12.8. The highest BCUT2D eigenvalue weighted by molar-refractivity contribution is 5.99. The Morgan fingerprint density at radius 1 is 1.43 bits per heavy atom. The van der Waals surface area contributed by atoms with Gasteiger partial charge >= 0.3 is 0 Å². The largest absolute Gasteiger partial charge is 0.450 e. The standard InChI is InChI=1S/C17H22N2O2/c1-11-6-4-8-14-12(2)16(21-15(11)14)17(20)19-9-5-7-13(19)10-18-3/h4,6,8,13,18H,5,7,9-10H2,1-3H3. The number of hydrogen-bond donors (Lipinski definition) is 1. The number of fused-ring (bicyclic) bond motifs is 1. The Morgan fingerprint density at radius 3 is 2.95 bits per heavy atom. The third-order valence-electron chi connectivity index (χ3n) is 4.43. The number of amides is 1. The summed E-state index contributed by atoms with van der Waals surface area (Å²) in [5.41, 5.74) is 2.86. The van der Waals surface area contributed by atoms with Crippen molar-refractivity contribution >= 4 is 16.9 Å². The third kappa shape index (κ3) is 2.33. The van der Waals surface area contributed by atoms with Crippen LogP contribution in [0.25, 0.3) is 11.0 Å². The third-order valence-corrected chi connectivity index (χ3v) is 4.43. The molecular formula is C17H22N2O2. The summed E-state index contributed by atoms with van der Waals surface area (Å²) in [5, 5.41) is 4.22. The quantitative estimate of drug-likeness (QED) is 0.943. The second-order valence-corrected chi connectivity index (χ2v) is 5.86. The van der Waals surface area contributed by atoms with E-state index in [2.05, 4.69) is 5.32 Å². The molecule has 1 amide bonds. The van der Waals surface area contributed by atoms with Crippen LogP contribution in [0, 0.1) is 13.8 Å². The Labute approximate surface area is 125 Å². The van der Waals surface area contributed by atoms with Crippen molar-refractivity contribution in [2.24, 2.45) is 0 Å². The number of carbonyl (C=O) groups is 1. The van der Waals surface area contributed by atoms with Gasteiger partial charge in [0.05, 0.1) is 0 Å². The first-order valence-corrected chi connectivity index (χ1v) is 7.57. The average Bonchev–Trinajstić information content (AvgIpc) is 3.05. The van der Waals surface area contributed by atoms with Crippen molar-refractivity contribution in [1.82, 2.24) is 10.2 Å². The van der Waals surface area contributed by atoms with Gasteiger partial charge in [-0.1, -0.05) is 18.2 Å². The molecule has 4 heteroatoms. The molecule has 0 saturated carbocycles. The van der Waals surface area contributed by atoms with Gasteiger partial charge in [-0.15, -0.1) is 0 Å². The molecule has 1 fully saturated rings. The van der Waals surface area contributed by atoms with Gasteiger partial charge in [-0.2, -0.15) is 0 Å². The van der Waals surface area contributed by atoms with Gasteiger partial charge in [-0.25, -0.2) is 0 Å². The predicted octanol–water partition coefficient (Wildman–Crippen LogP) is 2.87. The van der Waals surface area contributed by atoms with Crippen molar-refractivity contribution in [3.05, 3.63) is 35.1 Å². The summed E-state index contributed by atoms with van der Waals surface area (Å²) < 4.78 is 5.92. The van der Waals surface area contributed by atoms with Crippen molar-refractivity contribution < 1.29 is 9.21 Å². The van der Waals surface area contributed by atoms with Gasteiger partial charge in [0, 0.05) is 30.1 Å². The summed E-state index contributed by atoms with van der Waals surface area (Å²) in [7, 11) is 1.93. The summed E-state index contributed by atoms with van der Waals surface area (Å²) in [6.45, 7) is 5.64. The van der Waals surface area contributed by atoms with Gasteiger partial charge in [-0.3, -0.25) is 4.79 Å². The van der Waals surface area contributed by atoms with E-state index in [0.717, 1.165) is 48.0 Å². The van der Waals surface area contributed by atoms with Crippen molar-refractivity contribution in [2.45, 2.75) is 32.7 Å². The Balaban J connectivity index is 1.98. The molecule has 1 atom stereocenters. The molecule has 1 aromatic carbocycles. The Bertz CT molecular complexity index is 675. The first kappa shape index (κ1) is 14.1. The molecule has 1 N–H and O–H groups in total. The molecule has 1 saturated heterocycles. The number of benzene rings is 1. The van der Waals surface area contributed by atoms with Crippen LogP contribution in [0.1, 0.15) is 34.5 Å². The van der Waals surface area contributed by atoms with E-state index in [1.165, 1.54) is 0 Å². The van der Waals surface area contributed by atoms with E-state index in [0.29, 0.717) is 5.76 Å². The number of carbonyl (C=O) groups excluding carboxylic acids is 1. The van der Waals surface area contributed by atoms with Crippen LogP contribution in [0.2, 0.25) is 0 Å². The number of likely N-dealkylation sites (N-methyl/N-ethyl adjacent to an activating group) is 1. The van der Waals surface area contributed by atoms with Gasteiger partial charge in [0.1, 0.15) is 5.58 Å².